The van der Waals surface area contributed by atoms with Crippen molar-refractivity contribution in [3.05, 3.63) is 35.1 Å². The van der Waals surface area contributed by atoms with Gasteiger partial charge in [-0.1, -0.05) is 12.1 Å². The molecule has 2 N–H and O–H groups in total. The van der Waals surface area contributed by atoms with Crippen LogP contribution in [0.15, 0.2) is 18.2 Å². The summed E-state index contributed by atoms with van der Waals surface area (Å²) in [6, 6.07) is 2.93. The Kier molecular flexibility index (Phi) is 5.51. The fraction of sp³-hybridized carbons (Fsp3) is 0.533. The molecule has 0 aromatic heterocycles. The van der Waals surface area contributed by atoms with E-state index in [-0.39, 0.29) is 25.2 Å². The van der Waals surface area contributed by atoms with Gasteiger partial charge in [0.15, 0.2) is 5.78 Å². The van der Waals surface area contributed by atoms with Gasteiger partial charge < -0.3 is 10.4 Å². The molecule has 0 aliphatic heterocycles. The first-order chi connectivity index (χ1) is 10.1. The Morgan fingerprint density at radius 2 is 1.87 bits per heavy atom. The number of alkyl halides is 3. The molecule has 1 saturated carbocycles. The standard InChI is InChI=1S/C15H17F4NO2.ClH/c1-13(22)7-4-8-14(20-2,12(13)21)9-5-3-6-10(16)11(9)15(17,18)19;/h3,5-6,20,22H,4,7-8H2,1-2H3;1H. The fourth-order valence-corrected chi connectivity index (χ4v) is 3.18. The number of ketones is 1. The second-order valence-corrected chi connectivity index (χ2v) is 5.77. The summed E-state index contributed by atoms with van der Waals surface area (Å²) < 4.78 is 53.6. The highest BCUT2D eigenvalue weighted by atomic mass is 35.5. The van der Waals surface area contributed by atoms with Crippen molar-refractivity contribution >= 4 is 18.2 Å². The molecule has 1 aromatic carbocycles. The van der Waals surface area contributed by atoms with Crippen LogP contribution in [0.1, 0.15) is 37.3 Å². The predicted octanol–water partition coefficient (Wildman–Crippen LogP) is 3.19. The van der Waals surface area contributed by atoms with Gasteiger partial charge in [-0.05, 0) is 44.9 Å². The average molecular weight is 356 g/mol. The van der Waals surface area contributed by atoms with Crippen molar-refractivity contribution in [3.8, 4) is 0 Å². The van der Waals surface area contributed by atoms with Crippen molar-refractivity contribution in [2.24, 2.45) is 0 Å². The molecule has 2 rings (SSSR count). The lowest BCUT2D eigenvalue weighted by molar-refractivity contribution is -0.151. The van der Waals surface area contributed by atoms with E-state index < -0.39 is 40.0 Å². The average Bonchev–Trinajstić information content (AvgIpc) is 2.40. The van der Waals surface area contributed by atoms with Gasteiger partial charge >= 0.3 is 6.18 Å². The number of rotatable bonds is 2. The van der Waals surface area contributed by atoms with Crippen LogP contribution in [0.4, 0.5) is 17.6 Å². The summed E-state index contributed by atoms with van der Waals surface area (Å²) in [5.41, 5.74) is -5.45. The van der Waals surface area contributed by atoms with Crippen LogP contribution < -0.4 is 5.32 Å². The van der Waals surface area contributed by atoms with Gasteiger partial charge in [-0.3, -0.25) is 4.79 Å². The number of carbonyl (C=O) groups is 1. The highest BCUT2D eigenvalue weighted by Gasteiger charge is 2.53. The predicted molar refractivity (Wildman–Crippen MR) is 78.9 cm³/mol. The summed E-state index contributed by atoms with van der Waals surface area (Å²) in [7, 11) is 1.34. The van der Waals surface area contributed by atoms with Crippen molar-refractivity contribution in [1.29, 1.82) is 0 Å². The molecule has 1 aliphatic rings. The monoisotopic (exact) mass is 355 g/mol. The van der Waals surface area contributed by atoms with Gasteiger partial charge in [-0.15, -0.1) is 12.4 Å². The smallest absolute Gasteiger partial charge is 0.382 e. The van der Waals surface area contributed by atoms with Gasteiger partial charge in [0.2, 0.25) is 0 Å². The molecule has 1 aliphatic carbocycles. The molecule has 0 heterocycles. The number of nitrogens with one attached hydrogen (secondary N) is 1. The molecule has 2 atom stereocenters. The third-order valence-electron chi connectivity index (χ3n) is 4.28. The topological polar surface area (TPSA) is 49.3 Å². The molecule has 130 valence electrons. The lowest BCUT2D eigenvalue weighted by Crippen LogP contribution is -2.59. The molecule has 2 unspecified atom stereocenters. The minimum Gasteiger partial charge on any atom is -0.382 e. The van der Waals surface area contributed by atoms with E-state index in [4.69, 9.17) is 0 Å². The minimum absolute atomic E-state index is 0. The van der Waals surface area contributed by atoms with Crippen LogP contribution in [0.3, 0.4) is 0 Å². The zero-order valence-electron chi connectivity index (χ0n) is 12.6. The highest BCUT2D eigenvalue weighted by Crippen LogP contribution is 2.44. The number of benzene rings is 1. The fourth-order valence-electron chi connectivity index (χ4n) is 3.18. The molecule has 0 amide bonds. The molecule has 1 fully saturated rings. The number of halogens is 5. The highest BCUT2D eigenvalue weighted by molar-refractivity contribution is 5.97. The second kappa shape index (κ2) is 6.37. The van der Waals surface area contributed by atoms with Crippen molar-refractivity contribution < 1.29 is 27.5 Å². The number of aliphatic hydroxyl groups is 1. The molecular weight excluding hydrogens is 338 g/mol. The first-order valence-electron chi connectivity index (χ1n) is 6.88. The first-order valence-corrected chi connectivity index (χ1v) is 6.88. The van der Waals surface area contributed by atoms with E-state index in [1.54, 1.807) is 0 Å². The van der Waals surface area contributed by atoms with Crippen LogP contribution in [0.2, 0.25) is 0 Å². The Morgan fingerprint density at radius 1 is 1.26 bits per heavy atom. The van der Waals surface area contributed by atoms with E-state index in [9.17, 15) is 27.5 Å². The Balaban J connectivity index is 0.00000264. The third kappa shape index (κ3) is 3.22. The van der Waals surface area contributed by atoms with Gasteiger partial charge in [0.25, 0.3) is 0 Å². The van der Waals surface area contributed by atoms with Crippen LogP contribution in [0.5, 0.6) is 0 Å². The molecule has 8 heteroatoms. The number of hydrogen-bond donors (Lipinski definition) is 2. The first kappa shape index (κ1) is 19.9. The Hall–Kier alpha value is -1.18. The zero-order valence-corrected chi connectivity index (χ0v) is 13.4. The lowest BCUT2D eigenvalue weighted by Gasteiger charge is -2.43. The molecule has 0 bridgehead atoms. The number of carbonyl (C=O) groups excluding carboxylic acids is 1. The normalized spacial score (nSPS) is 28.4. The van der Waals surface area contributed by atoms with Gasteiger partial charge in [0.1, 0.15) is 17.0 Å². The maximum absolute atomic E-state index is 13.8. The molecule has 3 nitrogen and oxygen atoms in total. The second-order valence-electron chi connectivity index (χ2n) is 5.77. The Bertz CT molecular complexity index is 604. The van der Waals surface area contributed by atoms with Gasteiger partial charge in [0.05, 0.1) is 5.56 Å². The summed E-state index contributed by atoms with van der Waals surface area (Å²) in [5.74, 6) is -2.21. The van der Waals surface area contributed by atoms with Crippen molar-refractivity contribution in [3.63, 3.8) is 0 Å². The maximum atomic E-state index is 13.8. The van der Waals surface area contributed by atoms with E-state index in [1.165, 1.54) is 14.0 Å². The number of likely N-dealkylation sites (N-methyl/N-ethyl adjacent to an activating group) is 1. The van der Waals surface area contributed by atoms with Crippen molar-refractivity contribution in [2.75, 3.05) is 7.05 Å². The van der Waals surface area contributed by atoms with Crippen LogP contribution in [0.25, 0.3) is 0 Å². The van der Waals surface area contributed by atoms with Gasteiger partial charge in [0, 0.05) is 0 Å². The van der Waals surface area contributed by atoms with Crippen molar-refractivity contribution in [2.45, 2.75) is 43.5 Å². The number of hydrogen-bond acceptors (Lipinski definition) is 3. The minimum atomic E-state index is -4.94. The van der Waals surface area contributed by atoms with Crippen LogP contribution in [-0.4, -0.2) is 23.5 Å². The van der Waals surface area contributed by atoms with Crippen molar-refractivity contribution in [1.82, 2.24) is 5.32 Å². The van der Waals surface area contributed by atoms with E-state index in [0.717, 1.165) is 12.1 Å². The Labute approximate surface area is 137 Å². The van der Waals surface area contributed by atoms with Crippen LogP contribution in [-0.2, 0) is 16.5 Å². The van der Waals surface area contributed by atoms with E-state index in [0.29, 0.717) is 12.5 Å². The third-order valence-corrected chi connectivity index (χ3v) is 4.28. The zero-order chi connectivity index (χ0) is 16.8. The summed E-state index contributed by atoms with van der Waals surface area (Å²) in [6.45, 7) is 1.27. The molecule has 0 saturated heterocycles. The summed E-state index contributed by atoms with van der Waals surface area (Å²) >= 11 is 0. The largest absolute Gasteiger partial charge is 0.419 e. The van der Waals surface area contributed by atoms with Gasteiger partial charge in [-0.25, -0.2) is 4.39 Å². The van der Waals surface area contributed by atoms with E-state index in [2.05, 4.69) is 5.32 Å². The molecule has 1 aromatic rings. The van der Waals surface area contributed by atoms with E-state index in [1.807, 2.05) is 0 Å². The summed E-state index contributed by atoms with van der Waals surface area (Å²) in [4.78, 5) is 12.6. The molecule has 0 radical (unpaired) electrons. The van der Waals surface area contributed by atoms with Crippen LogP contribution >= 0.6 is 12.4 Å². The summed E-state index contributed by atoms with van der Waals surface area (Å²) in [6.07, 6.45) is -4.38. The Morgan fingerprint density at radius 3 is 2.39 bits per heavy atom. The lowest BCUT2D eigenvalue weighted by atomic mass is 9.68. The van der Waals surface area contributed by atoms with Crippen LogP contribution in [0, 0.1) is 5.82 Å². The molecule has 0 spiro atoms. The summed E-state index contributed by atoms with van der Waals surface area (Å²) in [5, 5.41) is 12.8. The van der Waals surface area contributed by atoms with Gasteiger partial charge in [-0.2, -0.15) is 13.2 Å². The quantitative estimate of drug-likeness (QED) is 0.801. The molecule has 23 heavy (non-hydrogen) atoms. The SMILES string of the molecule is CNC1(c2cccc(F)c2C(F)(F)F)CCCC(C)(O)C1=O.Cl. The molecular formula is C15H18ClF4NO2. The van der Waals surface area contributed by atoms with E-state index >= 15 is 0 Å². The maximum Gasteiger partial charge on any atom is 0.419 e. The number of Topliss-reactive ketones (excluding diaryl/α,β-unsaturated/α-hetero) is 1.